The topological polar surface area (TPSA) is 0 Å². The van der Waals surface area contributed by atoms with Crippen molar-refractivity contribution in [3.8, 4) is 0 Å². The van der Waals surface area contributed by atoms with Crippen molar-refractivity contribution in [1.29, 1.82) is 0 Å². The summed E-state index contributed by atoms with van der Waals surface area (Å²) in [6, 6.07) is 0. The van der Waals surface area contributed by atoms with E-state index in [0.717, 1.165) is 11.3 Å². The summed E-state index contributed by atoms with van der Waals surface area (Å²) >= 11 is 4.83. The third kappa shape index (κ3) is 6.82. The van der Waals surface area contributed by atoms with E-state index in [0.29, 0.717) is 10.8 Å². The van der Waals surface area contributed by atoms with E-state index in [1.807, 2.05) is 27.7 Å². The van der Waals surface area contributed by atoms with Crippen LogP contribution in [0.5, 0.6) is 0 Å². The first-order valence-electron chi connectivity index (χ1n) is 7.31. The molecule has 0 saturated carbocycles. The van der Waals surface area contributed by atoms with Gasteiger partial charge >= 0.3 is 0 Å². The quantitative estimate of drug-likeness (QED) is 0.382. The van der Waals surface area contributed by atoms with Crippen molar-refractivity contribution >= 4 is 38.7 Å². The standard InChI is InChI=1S/C12H22S2.C5H6S/c1-11(2,3)7-9-8-13-14-10(9)12(4,5)6;6-5-3-1-2-4-5/h7-8H2,1-6H3;1,3H,2,4H2. The summed E-state index contributed by atoms with van der Waals surface area (Å²) in [4.78, 5) is 2.73. The minimum atomic E-state index is 0.342. The molecule has 1 aliphatic heterocycles. The summed E-state index contributed by atoms with van der Waals surface area (Å²) in [6.07, 6.45) is 7.64. The lowest BCUT2D eigenvalue weighted by molar-refractivity contribution is 0.405. The van der Waals surface area contributed by atoms with Gasteiger partial charge in [-0.05, 0) is 35.7 Å². The second-order valence-electron chi connectivity index (χ2n) is 7.67. The fraction of sp³-hybridized carbons (Fsp3) is 0.706. The molecule has 1 heterocycles. The molecule has 0 amide bonds. The highest BCUT2D eigenvalue weighted by molar-refractivity contribution is 8.78. The predicted octanol–water partition coefficient (Wildman–Crippen LogP) is 6.82. The van der Waals surface area contributed by atoms with Crippen molar-refractivity contribution in [2.24, 2.45) is 10.8 Å². The smallest absolute Gasteiger partial charge is 0.0262 e. The first-order chi connectivity index (χ1) is 9.09. The largest absolute Gasteiger partial charge is 0.0849 e. The first-order valence-corrected chi connectivity index (χ1v) is 10.0. The molecule has 0 spiro atoms. The Hall–Kier alpha value is 0.270. The van der Waals surface area contributed by atoms with Gasteiger partial charge in [-0.2, -0.15) is 0 Å². The Morgan fingerprint density at radius 1 is 1.15 bits per heavy atom. The molecule has 0 fully saturated rings. The van der Waals surface area contributed by atoms with Crippen LogP contribution in [-0.4, -0.2) is 10.6 Å². The van der Waals surface area contributed by atoms with E-state index in [-0.39, 0.29) is 0 Å². The van der Waals surface area contributed by atoms with E-state index >= 15 is 0 Å². The Morgan fingerprint density at radius 3 is 2.15 bits per heavy atom. The van der Waals surface area contributed by atoms with Crippen molar-refractivity contribution in [2.45, 2.75) is 60.8 Å². The molecule has 0 aromatic heterocycles. The molecule has 0 bridgehead atoms. The van der Waals surface area contributed by atoms with E-state index in [4.69, 9.17) is 12.2 Å². The average Bonchev–Trinajstić information content (AvgIpc) is 2.86. The van der Waals surface area contributed by atoms with Crippen LogP contribution >= 0.6 is 33.8 Å². The molecule has 2 rings (SSSR count). The lowest BCUT2D eigenvalue weighted by atomic mass is 9.84. The van der Waals surface area contributed by atoms with Crippen LogP contribution in [0.25, 0.3) is 0 Å². The second kappa shape index (κ2) is 7.51. The van der Waals surface area contributed by atoms with Gasteiger partial charge in [0, 0.05) is 15.5 Å². The van der Waals surface area contributed by atoms with Gasteiger partial charge in [-0.25, -0.2) is 0 Å². The predicted molar refractivity (Wildman–Crippen MR) is 102 cm³/mol. The number of hydrogen-bond donors (Lipinski definition) is 0. The number of rotatable bonds is 1. The zero-order valence-corrected chi connectivity index (χ0v) is 16.2. The van der Waals surface area contributed by atoms with Crippen molar-refractivity contribution in [1.82, 2.24) is 0 Å². The molecular weight excluding hydrogens is 300 g/mol. The summed E-state index contributed by atoms with van der Waals surface area (Å²) in [5, 5.41) is 0. The van der Waals surface area contributed by atoms with Gasteiger partial charge in [-0.15, -0.1) is 0 Å². The minimum absolute atomic E-state index is 0.342. The molecule has 0 radical (unpaired) electrons. The Bertz CT molecular complexity index is 403. The summed E-state index contributed by atoms with van der Waals surface area (Å²) in [7, 11) is 3.99. The van der Waals surface area contributed by atoms with Gasteiger partial charge in [-0.1, -0.05) is 87.5 Å². The molecule has 0 saturated heterocycles. The van der Waals surface area contributed by atoms with E-state index < -0.39 is 0 Å². The summed E-state index contributed by atoms with van der Waals surface area (Å²) in [6.45, 7) is 14.0. The van der Waals surface area contributed by atoms with Crippen molar-refractivity contribution in [2.75, 3.05) is 5.75 Å². The van der Waals surface area contributed by atoms with Crippen LogP contribution < -0.4 is 0 Å². The third-order valence-corrected chi connectivity index (χ3v) is 6.18. The normalized spacial score (nSPS) is 19.4. The molecule has 2 aliphatic rings. The number of thiocarbonyl (C=S) groups is 1. The van der Waals surface area contributed by atoms with Gasteiger partial charge in [0.05, 0.1) is 0 Å². The Labute approximate surface area is 138 Å². The highest BCUT2D eigenvalue weighted by atomic mass is 33.1. The Kier molecular flexibility index (Phi) is 6.88. The minimum Gasteiger partial charge on any atom is -0.0849 e. The van der Waals surface area contributed by atoms with Crippen LogP contribution in [0, 0.1) is 10.8 Å². The summed E-state index contributed by atoms with van der Waals surface area (Å²) in [5.74, 6) is 1.23. The molecule has 0 unspecified atom stereocenters. The first kappa shape index (κ1) is 18.3. The zero-order valence-electron chi connectivity index (χ0n) is 13.7. The average molecular weight is 329 g/mol. The molecule has 20 heavy (non-hydrogen) atoms. The molecule has 0 nitrogen and oxygen atoms in total. The van der Waals surface area contributed by atoms with E-state index in [1.165, 1.54) is 18.6 Å². The van der Waals surface area contributed by atoms with Crippen molar-refractivity contribution in [3.63, 3.8) is 0 Å². The van der Waals surface area contributed by atoms with E-state index in [9.17, 15) is 0 Å². The van der Waals surface area contributed by atoms with Gasteiger partial charge in [0.1, 0.15) is 0 Å². The van der Waals surface area contributed by atoms with Gasteiger partial charge in [0.15, 0.2) is 0 Å². The van der Waals surface area contributed by atoms with Gasteiger partial charge in [0.25, 0.3) is 0 Å². The molecule has 0 aromatic rings. The summed E-state index contributed by atoms with van der Waals surface area (Å²) in [5.41, 5.74) is 2.45. The molecule has 0 atom stereocenters. The van der Waals surface area contributed by atoms with Crippen LogP contribution in [0.15, 0.2) is 22.6 Å². The highest BCUT2D eigenvalue weighted by Crippen LogP contribution is 2.51. The maximum atomic E-state index is 4.83. The zero-order chi connectivity index (χ0) is 15.4. The molecule has 1 aliphatic carbocycles. The van der Waals surface area contributed by atoms with E-state index in [1.54, 1.807) is 10.5 Å². The Balaban J connectivity index is 0.000000276. The van der Waals surface area contributed by atoms with Gasteiger partial charge < -0.3 is 0 Å². The van der Waals surface area contributed by atoms with Gasteiger partial charge in [-0.3, -0.25) is 0 Å². The summed E-state index contributed by atoms with van der Waals surface area (Å²) < 4.78 is 0. The monoisotopic (exact) mass is 328 g/mol. The fourth-order valence-electron chi connectivity index (χ4n) is 2.23. The van der Waals surface area contributed by atoms with Gasteiger partial charge in [0.2, 0.25) is 0 Å². The number of hydrogen-bond acceptors (Lipinski definition) is 3. The molecule has 114 valence electrons. The number of allylic oxidation sites excluding steroid dienone is 3. The van der Waals surface area contributed by atoms with Crippen LogP contribution in [0.1, 0.15) is 60.8 Å². The third-order valence-electron chi connectivity index (χ3n) is 2.98. The Morgan fingerprint density at radius 2 is 1.80 bits per heavy atom. The van der Waals surface area contributed by atoms with Crippen molar-refractivity contribution in [3.05, 3.63) is 22.6 Å². The lowest BCUT2D eigenvalue weighted by Crippen LogP contribution is -2.12. The fourth-order valence-corrected chi connectivity index (χ4v) is 5.68. The van der Waals surface area contributed by atoms with Crippen LogP contribution in [0.3, 0.4) is 0 Å². The molecule has 0 N–H and O–H groups in total. The van der Waals surface area contributed by atoms with Crippen LogP contribution in [-0.2, 0) is 0 Å². The molecule has 3 heteroatoms. The maximum absolute atomic E-state index is 4.83. The second-order valence-corrected chi connectivity index (χ2v) is 10.5. The van der Waals surface area contributed by atoms with Crippen LogP contribution in [0.4, 0.5) is 0 Å². The highest BCUT2D eigenvalue weighted by Gasteiger charge is 2.28. The van der Waals surface area contributed by atoms with E-state index in [2.05, 4.69) is 47.6 Å². The molecule has 0 aromatic carbocycles. The van der Waals surface area contributed by atoms with Crippen LogP contribution in [0.2, 0.25) is 0 Å². The SMILES string of the molecule is CC(C)(C)CC1=C(C(C)(C)C)SSC1.S=C1C=CCC1. The maximum Gasteiger partial charge on any atom is 0.0262 e. The van der Waals surface area contributed by atoms with Crippen molar-refractivity contribution < 1.29 is 0 Å². The lowest BCUT2D eigenvalue weighted by Gasteiger charge is -2.24. The molecular formula is C17H28S3.